The molecule has 3 aliphatic carbocycles. The van der Waals surface area contributed by atoms with Gasteiger partial charge < -0.3 is 20.3 Å². The van der Waals surface area contributed by atoms with Gasteiger partial charge >= 0.3 is 0 Å². The fourth-order valence-corrected chi connectivity index (χ4v) is 9.87. The maximum absolute atomic E-state index is 13.7. The van der Waals surface area contributed by atoms with Crippen molar-refractivity contribution in [3.8, 4) is 0 Å². The van der Waals surface area contributed by atoms with Crippen LogP contribution >= 0.6 is 11.9 Å². The van der Waals surface area contributed by atoms with Crippen LogP contribution < -0.4 is 20.3 Å². The average molecular weight is 658 g/mol. The molecule has 4 N–H and O–H groups in total. The number of carbonyl (C=O) groups is 1. The van der Waals surface area contributed by atoms with Gasteiger partial charge in [0.1, 0.15) is 22.5 Å². The first-order valence-corrected chi connectivity index (χ1v) is 18.3. The van der Waals surface area contributed by atoms with Crippen molar-refractivity contribution < 1.29 is 9.53 Å². The highest BCUT2D eigenvalue weighted by molar-refractivity contribution is 7.97. The van der Waals surface area contributed by atoms with E-state index in [0.29, 0.717) is 46.5 Å². The van der Waals surface area contributed by atoms with Crippen molar-refractivity contribution in [2.24, 2.45) is 34.0 Å². The Labute approximate surface area is 284 Å². The monoisotopic (exact) mass is 657 g/mol. The van der Waals surface area contributed by atoms with Crippen molar-refractivity contribution in [2.75, 3.05) is 35.2 Å². The number of rotatable bonds is 7. The lowest BCUT2D eigenvalue weighted by Crippen LogP contribution is -2.40. The average Bonchev–Trinajstić information content (AvgIpc) is 3.96. The maximum Gasteiger partial charge on any atom is 0.265 e. The van der Waals surface area contributed by atoms with E-state index in [1.54, 1.807) is 12.3 Å². The van der Waals surface area contributed by atoms with Gasteiger partial charge in [-0.05, 0) is 123 Å². The van der Waals surface area contributed by atoms with Gasteiger partial charge in [-0.15, -0.1) is 0 Å². The van der Waals surface area contributed by atoms with E-state index in [-0.39, 0.29) is 22.8 Å². The third-order valence-electron chi connectivity index (χ3n) is 11.4. The number of carbonyl (C=O) groups excluding carboxylic acids is 1. The molecule has 4 fully saturated rings. The lowest BCUT2D eigenvalue weighted by Gasteiger charge is -2.34. The van der Waals surface area contributed by atoms with Crippen molar-refractivity contribution >= 4 is 41.2 Å². The number of ether oxygens (including phenoxy) is 1. The first kappa shape index (κ1) is 32.3. The second kappa shape index (κ2) is 12.0. The topological polar surface area (TPSA) is 115 Å². The third-order valence-corrected chi connectivity index (χ3v) is 12.1. The predicted molar refractivity (Wildman–Crippen MR) is 190 cm³/mol. The third kappa shape index (κ3) is 6.72. The SMILES string of the molecule is CC(C)(C)CC1CNc2cccc(n2)SNC(=O)c2ccc(N/C=C\C(=N)OCCC3C4(CC4)C34CC4)nc2N2CC(C1)CC2(C)C. The molecule has 0 aromatic carbocycles. The zero-order chi connectivity index (χ0) is 33.0. The molecule has 0 radical (unpaired) electrons. The Bertz CT molecular complexity index is 1540. The number of anilines is 3. The van der Waals surface area contributed by atoms with Crippen molar-refractivity contribution in [1.29, 1.82) is 5.41 Å². The quantitative estimate of drug-likeness (QED) is 0.135. The molecule has 4 heterocycles. The summed E-state index contributed by atoms with van der Waals surface area (Å²) in [4.78, 5) is 25.8. The molecule has 2 aromatic rings. The molecule has 2 aromatic heterocycles. The summed E-state index contributed by atoms with van der Waals surface area (Å²) in [6.07, 6.45) is 13.3. The maximum atomic E-state index is 13.7. The predicted octanol–water partition coefficient (Wildman–Crippen LogP) is 7.89. The van der Waals surface area contributed by atoms with Gasteiger partial charge in [-0.3, -0.25) is 14.9 Å². The van der Waals surface area contributed by atoms with E-state index >= 15 is 0 Å². The highest BCUT2D eigenvalue weighted by atomic mass is 32.2. The Hall–Kier alpha value is -3.27. The van der Waals surface area contributed by atoms with Gasteiger partial charge in [-0.2, -0.15) is 0 Å². The Kier molecular flexibility index (Phi) is 8.25. The number of hydrogen-bond donors (Lipinski definition) is 4. The Balaban J connectivity index is 1.07. The molecule has 3 saturated carbocycles. The lowest BCUT2D eigenvalue weighted by atomic mass is 9.79. The van der Waals surface area contributed by atoms with Gasteiger partial charge in [0.15, 0.2) is 0 Å². The zero-order valence-electron chi connectivity index (χ0n) is 28.6. The molecular weight excluding hydrogens is 607 g/mol. The second-order valence-electron chi connectivity index (χ2n) is 16.5. The molecule has 252 valence electrons. The van der Waals surface area contributed by atoms with Gasteiger partial charge in [0.05, 0.1) is 12.2 Å². The van der Waals surface area contributed by atoms with Gasteiger partial charge in [-0.25, -0.2) is 9.97 Å². The van der Waals surface area contributed by atoms with Crippen LogP contribution in [0.15, 0.2) is 47.6 Å². The molecule has 2 unspecified atom stereocenters. The first-order valence-electron chi connectivity index (χ1n) is 17.5. The largest absolute Gasteiger partial charge is 0.478 e. The number of aromatic nitrogens is 2. The van der Waals surface area contributed by atoms with Crippen molar-refractivity contribution in [3.05, 3.63) is 48.2 Å². The van der Waals surface area contributed by atoms with Crippen LogP contribution in [0.4, 0.5) is 17.5 Å². The van der Waals surface area contributed by atoms with Crippen LogP contribution in [-0.4, -0.2) is 47.0 Å². The van der Waals surface area contributed by atoms with Gasteiger partial charge in [0.25, 0.3) is 5.91 Å². The minimum Gasteiger partial charge on any atom is -0.478 e. The summed E-state index contributed by atoms with van der Waals surface area (Å²) in [6.45, 7) is 13.8. The summed E-state index contributed by atoms with van der Waals surface area (Å²) >= 11 is 1.22. The van der Waals surface area contributed by atoms with Crippen LogP contribution in [0.1, 0.15) is 96.3 Å². The Morgan fingerprint density at radius 3 is 2.64 bits per heavy atom. The molecule has 1 saturated heterocycles. The number of nitrogens with zero attached hydrogens (tertiary/aromatic N) is 3. The smallest absolute Gasteiger partial charge is 0.265 e. The minimum atomic E-state index is -0.203. The fraction of sp³-hybridized carbons (Fsp3) is 0.622. The highest BCUT2D eigenvalue weighted by Crippen LogP contribution is 2.93. The molecule has 9 nitrogen and oxygen atoms in total. The number of hydrogen-bond acceptors (Lipinski definition) is 9. The summed E-state index contributed by atoms with van der Waals surface area (Å²) in [5.74, 6) is 3.85. The number of fused-ring (bicyclic) bond motifs is 7. The van der Waals surface area contributed by atoms with Gasteiger partial charge in [0.2, 0.25) is 5.90 Å². The molecule has 1 amide bonds. The van der Waals surface area contributed by atoms with Gasteiger partial charge in [0, 0.05) is 42.9 Å². The van der Waals surface area contributed by atoms with Crippen molar-refractivity contribution in [3.63, 3.8) is 0 Å². The minimum absolute atomic E-state index is 0.152. The molecule has 10 heteroatoms. The summed E-state index contributed by atoms with van der Waals surface area (Å²) < 4.78 is 8.78. The Morgan fingerprint density at radius 2 is 1.91 bits per heavy atom. The molecule has 4 bridgehead atoms. The lowest BCUT2D eigenvalue weighted by molar-refractivity contribution is 0.0984. The van der Waals surface area contributed by atoms with E-state index in [1.165, 1.54) is 37.6 Å². The molecule has 7 rings (SSSR count). The van der Waals surface area contributed by atoms with Gasteiger partial charge in [-0.1, -0.05) is 26.8 Å². The number of pyridine rings is 2. The van der Waals surface area contributed by atoms with E-state index in [2.05, 4.69) is 54.9 Å². The normalized spacial score (nSPS) is 25.4. The van der Waals surface area contributed by atoms with Crippen LogP contribution in [0.2, 0.25) is 0 Å². The molecule has 2 aliphatic heterocycles. The fourth-order valence-electron chi connectivity index (χ4n) is 9.27. The van der Waals surface area contributed by atoms with E-state index in [9.17, 15) is 4.79 Å². The van der Waals surface area contributed by atoms with Crippen molar-refractivity contribution in [2.45, 2.75) is 96.6 Å². The second-order valence-corrected chi connectivity index (χ2v) is 17.4. The summed E-state index contributed by atoms with van der Waals surface area (Å²) in [5, 5.41) is 15.9. The van der Waals surface area contributed by atoms with Crippen LogP contribution in [-0.2, 0) is 4.74 Å². The Morgan fingerprint density at radius 1 is 1.15 bits per heavy atom. The van der Waals surface area contributed by atoms with E-state index in [0.717, 1.165) is 55.5 Å². The number of amides is 1. The molecule has 47 heavy (non-hydrogen) atoms. The van der Waals surface area contributed by atoms with E-state index in [4.69, 9.17) is 20.1 Å². The number of nitrogens with one attached hydrogen (secondary N) is 4. The highest BCUT2D eigenvalue weighted by Gasteiger charge is 2.85. The summed E-state index contributed by atoms with van der Waals surface area (Å²) in [7, 11) is 0. The molecule has 2 spiro atoms. The summed E-state index contributed by atoms with van der Waals surface area (Å²) in [6, 6.07) is 9.55. The van der Waals surface area contributed by atoms with Crippen molar-refractivity contribution in [1.82, 2.24) is 14.7 Å². The van der Waals surface area contributed by atoms with E-state index in [1.807, 2.05) is 30.3 Å². The van der Waals surface area contributed by atoms with Crippen LogP contribution in [0.5, 0.6) is 0 Å². The zero-order valence-corrected chi connectivity index (χ0v) is 29.4. The molecule has 2 atom stereocenters. The van der Waals surface area contributed by atoms with E-state index < -0.39 is 0 Å². The first-order chi connectivity index (χ1) is 22.4. The molecule has 5 aliphatic rings. The van der Waals surface area contributed by atoms with Crippen LogP contribution in [0.25, 0.3) is 0 Å². The van der Waals surface area contributed by atoms with Crippen LogP contribution in [0, 0.1) is 39.4 Å². The molecular formula is C37H51N7O2S. The summed E-state index contributed by atoms with van der Waals surface area (Å²) in [5.41, 5.74) is 1.92. The van der Waals surface area contributed by atoms with Crippen LogP contribution in [0.3, 0.4) is 0 Å². The standard InChI is InChI=1S/C37H51N7O2S/c1-34(2,3)20-24-19-25-21-35(4,5)44(23-25)32-26(33(45)43-47-31-8-6-7-29(41-31)40-22-24)9-10-30(42-32)39-17-11-28(38)46-18-12-27-36(13-14-36)37(27)15-16-37/h6-11,17,24-25,27,38H,12-16,18-23H2,1-5H3,(H,39,42)(H,40,41)(H,43,45)/b17-11-,38-28?.